The number of hydrogen-bond acceptors (Lipinski definition) is 10. The average Bonchev–Trinajstić information content (AvgIpc) is 1.79. The molecule has 0 aromatic carbocycles. The van der Waals surface area contributed by atoms with Gasteiger partial charge in [0, 0.05) is 0 Å². The maximum Gasteiger partial charge on any atom is 4.00 e. The topological polar surface area (TPSA) is 242 Å². The summed E-state index contributed by atoms with van der Waals surface area (Å²) in [6.45, 7) is 0. The smallest absolute Gasteiger partial charge is 0.483 e. The van der Waals surface area contributed by atoms with Crippen molar-refractivity contribution in [3.05, 3.63) is 0 Å². The molecule has 0 unspecified atom stereocenters. The minimum absolute atomic E-state index is 0. The van der Waals surface area contributed by atoms with Gasteiger partial charge < -0.3 is 60.0 Å². The summed E-state index contributed by atoms with van der Waals surface area (Å²) in [5, 5.41) is 36.2. The molecule has 0 radical (unpaired) electrons. The maximum atomic E-state index is 9.06. The van der Waals surface area contributed by atoms with Crippen molar-refractivity contribution in [2.45, 2.75) is 0 Å². The molecule has 0 aliphatic rings. The van der Waals surface area contributed by atoms with Crippen LogP contribution in [0.4, 0.5) is 19.2 Å². The van der Waals surface area contributed by atoms with Gasteiger partial charge in [-0.1, -0.05) is 0 Å². The largest absolute Gasteiger partial charge is 4.00 e. The molecule has 0 aliphatic heterocycles. The average molecular weight is 335 g/mol. The van der Waals surface area contributed by atoms with E-state index in [1.165, 1.54) is 0 Å². The molecule has 12 nitrogen and oxygen atoms in total. The molecule has 4 N–H and O–H groups in total. The van der Waals surface area contributed by atoms with Gasteiger partial charge in [-0.3, -0.25) is 0 Å². The van der Waals surface area contributed by atoms with E-state index in [-0.39, 0.29) is 37.2 Å². The van der Waals surface area contributed by atoms with E-state index in [0.717, 1.165) is 0 Å². The van der Waals surface area contributed by atoms with Crippen molar-refractivity contribution >= 4 is 24.6 Å². The molecule has 0 bridgehead atoms. The van der Waals surface area contributed by atoms with E-state index in [4.69, 9.17) is 39.6 Å². The number of carbonyl (C=O) groups is 4. The van der Waals surface area contributed by atoms with Crippen LogP contribution >= 0.6 is 0 Å². The second kappa shape index (κ2) is 16.7. The zero-order valence-electron chi connectivity index (χ0n) is 7.58. The molecular formula is C4H4O12Zr. The first-order chi connectivity index (χ1) is 6.25. The van der Waals surface area contributed by atoms with Gasteiger partial charge in [-0.2, -0.15) is 0 Å². The third kappa shape index (κ3) is 54.6. The number of ether oxygens (including phenoxy) is 2. The van der Waals surface area contributed by atoms with Crippen LogP contribution in [0.5, 0.6) is 0 Å². The van der Waals surface area contributed by atoms with Crippen molar-refractivity contribution in [1.82, 2.24) is 0 Å². The quantitative estimate of drug-likeness (QED) is 0.299. The van der Waals surface area contributed by atoms with Crippen LogP contribution < -0.4 is 20.4 Å². The molecular weight excluding hydrogens is 331 g/mol. The molecule has 0 saturated carbocycles. The maximum absolute atomic E-state index is 9.06. The van der Waals surface area contributed by atoms with Crippen LogP contribution in [-0.2, 0) is 35.7 Å². The molecule has 0 aromatic heterocycles. The van der Waals surface area contributed by atoms with E-state index in [2.05, 4.69) is 9.47 Å². The van der Waals surface area contributed by atoms with E-state index in [1.807, 2.05) is 0 Å². The molecule has 17 heavy (non-hydrogen) atoms. The molecule has 0 atom stereocenters. The van der Waals surface area contributed by atoms with Crippen LogP contribution in [-0.4, -0.2) is 35.6 Å². The monoisotopic (exact) mass is 334 g/mol. The Bertz CT molecular complexity index is 197. The Morgan fingerprint density at radius 2 is 0.706 bits per heavy atom. The second-order valence-corrected chi connectivity index (χ2v) is 1.20. The zero-order valence-corrected chi connectivity index (χ0v) is 10.0. The van der Waals surface area contributed by atoms with Crippen molar-refractivity contribution < 1.29 is 86.2 Å². The molecule has 0 aliphatic carbocycles. The van der Waals surface area contributed by atoms with Crippen LogP contribution in [0, 0.1) is 0 Å². The molecule has 0 spiro atoms. The molecule has 0 aromatic rings. The molecule has 13 heteroatoms. The van der Waals surface area contributed by atoms with E-state index >= 15 is 0 Å². The first-order valence-electron chi connectivity index (χ1n) is 2.45. The normalized spacial score (nSPS) is 6.12. The summed E-state index contributed by atoms with van der Waals surface area (Å²) in [4.78, 5) is 36.2. The Hall–Kier alpha value is -1.72. The summed E-state index contributed by atoms with van der Waals surface area (Å²) in [6, 6.07) is 0. The van der Waals surface area contributed by atoms with Crippen molar-refractivity contribution in [2.75, 3.05) is 0 Å². The van der Waals surface area contributed by atoms with Gasteiger partial charge in [0.15, 0.2) is 0 Å². The van der Waals surface area contributed by atoms with Gasteiger partial charge in [0.1, 0.15) is 0 Å². The molecule has 0 fully saturated rings. The third-order valence-electron chi connectivity index (χ3n) is 0.333. The number of carbonyl (C=O) groups excluding carboxylic acids is 4. The van der Waals surface area contributed by atoms with Crippen LogP contribution in [0.1, 0.15) is 0 Å². The van der Waals surface area contributed by atoms with E-state index in [0.29, 0.717) is 0 Å². The molecule has 0 saturated heterocycles. The van der Waals surface area contributed by atoms with Gasteiger partial charge in [0.05, 0.1) is 0 Å². The fourth-order valence-corrected chi connectivity index (χ4v) is 0.136. The number of rotatable bonds is 0. The molecule has 0 heterocycles. The second-order valence-electron chi connectivity index (χ2n) is 1.20. The summed E-state index contributed by atoms with van der Waals surface area (Å²) >= 11 is 0. The van der Waals surface area contributed by atoms with Crippen LogP contribution in [0.2, 0.25) is 0 Å². The van der Waals surface area contributed by atoms with Crippen molar-refractivity contribution in [3.8, 4) is 0 Å². The van der Waals surface area contributed by atoms with Gasteiger partial charge >= 0.3 is 26.2 Å². The SMILES string of the molecule is O.O.O=C([O-])OC(=O)[O-].O=C([O-])OC(=O)[O-].[Zr+4]. The van der Waals surface area contributed by atoms with Crippen LogP contribution in [0.25, 0.3) is 0 Å². The summed E-state index contributed by atoms with van der Waals surface area (Å²) in [6.07, 6.45) is -8.50. The van der Waals surface area contributed by atoms with Crippen LogP contribution in [0.3, 0.4) is 0 Å². The summed E-state index contributed by atoms with van der Waals surface area (Å²) < 4.78 is 5.72. The van der Waals surface area contributed by atoms with Gasteiger partial charge in [-0.15, -0.1) is 0 Å². The molecule has 0 amide bonds. The van der Waals surface area contributed by atoms with Gasteiger partial charge in [0.2, 0.25) is 0 Å². The third-order valence-corrected chi connectivity index (χ3v) is 0.333. The predicted octanol–water partition coefficient (Wildman–Crippen LogP) is -6.27. The summed E-state index contributed by atoms with van der Waals surface area (Å²) in [5.41, 5.74) is 0. The Morgan fingerprint density at radius 1 is 0.588 bits per heavy atom. The standard InChI is InChI=1S/2C2H2O5.2H2O.Zr/c2*3-1(4)7-2(5)6;;;/h2*(H,3,4)(H,5,6);2*1H2;/q;;;;+4/p-4. The Kier molecular flexibility index (Phi) is 29.0. The number of hydrogen-bond donors (Lipinski definition) is 0. The molecule has 0 rings (SSSR count). The minimum Gasteiger partial charge on any atom is -0.483 e. The Balaban J connectivity index is -0.0000000480. The summed E-state index contributed by atoms with van der Waals surface area (Å²) in [7, 11) is 0. The molecule has 96 valence electrons. The zero-order chi connectivity index (χ0) is 11.7. The van der Waals surface area contributed by atoms with Crippen molar-refractivity contribution in [3.63, 3.8) is 0 Å². The van der Waals surface area contributed by atoms with Gasteiger partial charge in [0.25, 0.3) is 24.6 Å². The first kappa shape index (κ1) is 29.5. The number of carboxylic acid groups (broad SMARTS) is 4. The Morgan fingerprint density at radius 3 is 0.706 bits per heavy atom. The fraction of sp³-hybridized carbons (Fsp3) is 0. The van der Waals surface area contributed by atoms with Crippen molar-refractivity contribution in [2.24, 2.45) is 0 Å². The predicted molar refractivity (Wildman–Crippen MR) is 31.0 cm³/mol. The van der Waals surface area contributed by atoms with E-state index < -0.39 is 24.6 Å². The van der Waals surface area contributed by atoms with Crippen LogP contribution in [0.15, 0.2) is 0 Å². The Labute approximate surface area is 111 Å². The summed E-state index contributed by atoms with van der Waals surface area (Å²) in [5.74, 6) is 0. The fourth-order valence-electron chi connectivity index (χ4n) is 0.136. The van der Waals surface area contributed by atoms with Gasteiger partial charge in [-0.05, 0) is 0 Å². The first-order valence-corrected chi connectivity index (χ1v) is 2.45. The van der Waals surface area contributed by atoms with Crippen molar-refractivity contribution in [1.29, 1.82) is 0 Å². The van der Waals surface area contributed by atoms with Gasteiger partial charge in [-0.25, -0.2) is 0 Å². The van der Waals surface area contributed by atoms with E-state index in [9.17, 15) is 0 Å². The van der Waals surface area contributed by atoms with E-state index in [1.54, 1.807) is 0 Å². The minimum atomic E-state index is -2.12.